The standard InChI is InChI=1S/C22H21F3N4O3S/c1-12-8-15(28-18(9-12)29-17-10-14(4-7-26-17)22(23,24)25)16-11-27-20(33-16)21(32)5-2-13(3-6-21)19(30)31/h4,7-11,13,32H,2-3,5-6H2,1H3,(H,30,31)(H,26,28,29)/t13-,21-. The molecule has 0 spiro atoms. The number of aromatic nitrogens is 3. The van der Waals surface area contributed by atoms with E-state index in [4.69, 9.17) is 0 Å². The molecule has 3 aromatic heterocycles. The molecule has 0 bridgehead atoms. The summed E-state index contributed by atoms with van der Waals surface area (Å²) < 4.78 is 38.9. The van der Waals surface area contributed by atoms with Gasteiger partial charge in [0.1, 0.15) is 22.2 Å². The molecule has 7 nitrogen and oxygen atoms in total. The number of anilines is 2. The summed E-state index contributed by atoms with van der Waals surface area (Å²) in [5, 5.41) is 23.5. The van der Waals surface area contributed by atoms with Gasteiger partial charge in [-0.25, -0.2) is 15.0 Å². The molecule has 4 rings (SSSR count). The van der Waals surface area contributed by atoms with Crippen LogP contribution in [0, 0.1) is 12.8 Å². The fourth-order valence-electron chi connectivity index (χ4n) is 3.83. The largest absolute Gasteiger partial charge is 0.481 e. The van der Waals surface area contributed by atoms with E-state index in [0.29, 0.717) is 47.1 Å². The monoisotopic (exact) mass is 478 g/mol. The van der Waals surface area contributed by atoms with Crippen LogP contribution in [0.1, 0.15) is 41.8 Å². The van der Waals surface area contributed by atoms with Crippen molar-refractivity contribution in [1.29, 1.82) is 0 Å². The summed E-state index contributed by atoms with van der Waals surface area (Å²) in [6, 6.07) is 5.31. The smallest absolute Gasteiger partial charge is 0.416 e. The molecule has 0 amide bonds. The van der Waals surface area contributed by atoms with Gasteiger partial charge in [0.25, 0.3) is 0 Å². The number of pyridine rings is 2. The van der Waals surface area contributed by atoms with Crippen molar-refractivity contribution in [2.45, 2.75) is 44.4 Å². The molecule has 1 fully saturated rings. The Labute approximate surface area is 191 Å². The maximum absolute atomic E-state index is 13.0. The van der Waals surface area contributed by atoms with E-state index in [-0.39, 0.29) is 5.82 Å². The van der Waals surface area contributed by atoms with Gasteiger partial charge in [0.2, 0.25) is 0 Å². The fraction of sp³-hybridized carbons (Fsp3) is 0.364. The molecule has 1 aliphatic carbocycles. The third kappa shape index (κ3) is 5.14. The number of carboxylic acids is 1. The maximum Gasteiger partial charge on any atom is 0.416 e. The van der Waals surface area contributed by atoms with Crippen molar-refractivity contribution in [3.05, 3.63) is 52.8 Å². The van der Waals surface area contributed by atoms with Gasteiger partial charge >= 0.3 is 12.1 Å². The van der Waals surface area contributed by atoms with Crippen molar-refractivity contribution in [2.24, 2.45) is 5.92 Å². The first-order chi connectivity index (χ1) is 15.5. The molecule has 0 radical (unpaired) electrons. The van der Waals surface area contributed by atoms with Gasteiger partial charge < -0.3 is 15.5 Å². The van der Waals surface area contributed by atoms with E-state index in [0.717, 1.165) is 23.9 Å². The van der Waals surface area contributed by atoms with Crippen LogP contribution in [0.15, 0.2) is 36.7 Å². The number of hydrogen-bond donors (Lipinski definition) is 3. The summed E-state index contributed by atoms with van der Waals surface area (Å²) in [5.41, 5.74) is -0.617. The van der Waals surface area contributed by atoms with Crippen LogP contribution in [0.5, 0.6) is 0 Å². The summed E-state index contributed by atoms with van der Waals surface area (Å²) in [6.07, 6.45) is -0.429. The molecule has 3 heterocycles. The SMILES string of the molecule is Cc1cc(Nc2cc(C(F)(F)F)ccn2)nc(-c2cnc([C@]3(O)CC[C@H](C(=O)O)CC3)s2)c1. The average molecular weight is 478 g/mol. The van der Waals surface area contributed by atoms with E-state index in [1.54, 1.807) is 12.3 Å². The van der Waals surface area contributed by atoms with Crippen LogP contribution in [0.3, 0.4) is 0 Å². The minimum atomic E-state index is -4.48. The molecule has 1 aliphatic rings. The molecule has 174 valence electrons. The molecule has 0 saturated heterocycles. The van der Waals surface area contributed by atoms with E-state index >= 15 is 0 Å². The molecular weight excluding hydrogens is 457 g/mol. The van der Waals surface area contributed by atoms with Crippen LogP contribution in [0.2, 0.25) is 0 Å². The number of aliphatic carboxylic acids is 1. The molecule has 3 N–H and O–H groups in total. The molecule has 0 aromatic carbocycles. The van der Waals surface area contributed by atoms with E-state index in [9.17, 15) is 28.2 Å². The summed E-state index contributed by atoms with van der Waals surface area (Å²) in [4.78, 5) is 24.7. The van der Waals surface area contributed by atoms with Crippen LogP contribution in [0.4, 0.5) is 24.8 Å². The first-order valence-electron chi connectivity index (χ1n) is 10.2. The number of rotatable bonds is 5. The number of thiazole rings is 1. The highest BCUT2D eigenvalue weighted by Gasteiger charge is 2.39. The number of nitrogens with one attached hydrogen (secondary N) is 1. The van der Waals surface area contributed by atoms with Gasteiger partial charge in [0.15, 0.2) is 0 Å². The van der Waals surface area contributed by atoms with Gasteiger partial charge in [-0.3, -0.25) is 4.79 Å². The third-order valence-corrected chi connectivity index (χ3v) is 6.84. The minimum absolute atomic E-state index is 0.0170. The Kier molecular flexibility index (Phi) is 6.10. The highest BCUT2D eigenvalue weighted by molar-refractivity contribution is 7.15. The van der Waals surface area contributed by atoms with Gasteiger partial charge in [-0.05, 0) is 62.4 Å². The Morgan fingerprint density at radius 2 is 1.91 bits per heavy atom. The van der Waals surface area contributed by atoms with Gasteiger partial charge in [-0.15, -0.1) is 11.3 Å². The lowest BCUT2D eigenvalue weighted by molar-refractivity contribution is -0.145. The second-order valence-corrected chi connectivity index (χ2v) is 9.17. The van der Waals surface area contributed by atoms with Gasteiger partial charge in [-0.2, -0.15) is 13.2 Å². The van der Waals surface area contributed by atoms with Crippen LogP contribution in [-0.4, -0.2) is 31.1 Å². The van der Waals surface area contributed by atoms with E-state index in [1.807, 2.05) is 13.0 Å². The number of nitrogens with zero attached hydrogens (tertiary/aromatic N) is 3. The Morgan fingerprint density at radius 1 is 1.18 bits per heavy atom. The zero-order chi connectivity index (χ0) is 23.8. The first kappa shape index (κ1) is 23.1. The van der Waals surface area contributed by atoms with Crippen molar-refractivity contribution in [1.82, 2.24) is 15.0 Å². The van der Waals surface area contributed by atoms with E-state index in [2.05, 4.69) is 20.3 Å². The lowest BCUT2D eigenvalue weighted by Crippen LogP contribution is -2.33. The van der Waals surface area contributed by atoms with Gasteiger partial charge in [0, 0.05) is 12.4 Å². The molecule has 0 atom stereocenters. The number of halogens is 3. The average Bonchev–Trinajstić information content (AvgIpc) is 3.25. The number of hydrogen-bond acceptors (Lipinski definition) is 7. The predicted octanol–water partition coefficient (Wildman–Crippen LogP) is 5.13. The third-order valence-electron chi connectivity index (χ3n) is 5.63. The molecule has 3 aromatic rings. The molecule has 11 heteroatoms. The zero-order valence-electron chi connectivity index (χ0n) is 17.6. The quantitative estimate of drug-likeness (QED) is 0.466. The van der Waals surface area contributed by atoms with Crippen LogP contribution in [0.25, 0.3) is 10.6 Å². The lowest BCUT2D eigenvalue weighted by Gasteiger charge is -2.32. The lowest BCUT2D eigenvalue weighted by atomic mass is 9.79. The van der Waals surface area contributed by atoms with Gasteiger partial charge in [-0.1, -0.05) is 0 Å². The molecular formula is C22H21F3N4O3S. The Hall–Kier alpha value is -3.05. The maximum atomic E-state index is 13.0. The van der Waals surface area contributed by atoms with Crippen LogP contribution in [-0.2, 0) is 16.6 Å². The Bertz CT molecular complexity index is 1170. The zero-order valence-corrected chi connectivity index (χ0v) is 18.4. The van der Waals surface area contributed by atoms with Crippen molar-refractivity contribution in [3.8, 4) is 10.6 Å². The fourth-order valence-corrected chi connectivity index (χ4v) is 4.85. The highest BCUT2D eigenvalue weighted by Crippen LogP contribution is 2.42. The van der Waals surface area contributed by atoms with Gasteiger partial charge in [0.05, 0.1) is 22.1 Å². The van der Waals surface area contributed by atoms with E-state index < -0.39 is 29.2 Å². The van der Waals surface area contributed by atoms with Crippen molar-refractivity contribution >= 4 is 28.9 Å². The minimum Gasteiger partial charge on any atom is -0.481 e. The van der Waals surface area contributed by atoms with Crippen LogP contribution < -0.4 is 5.32 Å². The molecule has 33 heavy (non-hydrogen) atoms. The number of carboxylic acid groups (broad SMARTS) is 1. The number of aryl methyl sites for hydroxylation is 1. The summed E-state index contributed by atoms with van der Waals surface area (Å²) in [6.45, 7) is 1.83. The first-order valence-corrected chi connectivity index (χ1v) is 11.1. The second kappa shape index (κ2) is 8.71. The van der Waals surface area contributed by atoms with Crippen molar-refractivity contribution in [3.63, 3.8) is 0 Å². The normalized spacial score (nSPS) is 21.1. The number of alkyl halides is 3. The number of carbonyl (C=O) groups is 1. The van der Waals surface area contributed by atoms with Crippen molar-refractivity contribution < 1.29 is 28.2 Å². The van der Waals surface area contributed by atoms with E-state index in [1.165, 1.54) is 11.3 Å². The summed E-state index contributed by atoms with van der Waals surface area (Å²) >= 11 is 1.27. The molecule has 0 unspecified atom stereocenters. The highest BCUT2D eigenvalue weighted by atomic mass is 32.1. The second-order valence-electron chi connectivity index (χ2n) is 8.14. The Balaban J connectivity index is 1.56. The predicted molar refractivity (Wildman–Crippen MR) is 116 cm³/mol. The molecule has 1 saturated carbocycles. The summed E-state index contributed by atoms with van der Waals surface area (Å²) in [5.74, 6) is -0.965. The number of aliphatic hydroxyl groups is 1. The van der Waals surface area contributed by atoms with Crippen molar-refractivity contribution in [2.75, 3.05) is 5.32 Å². The van der Waals surface area contributed by atoms with Crippen LogP contribution >= 0.6 is 11.3 Å². The Morgan fingerprint density at radius 3 is 2.58 bits per heavy atom. The molecule has 0 aliphatic heterocycles. The topological polar surface area (TPSA) is 108 Å². The summed E-state index contributed by atoms with van der Waals surface area (Å²) in [7, 11) is 0.